The maximum atomic E-state index is 12.2. The van der Waals surface area contributed by atoms with Crippen LogP contribution in [0.2, 0.25) is 0 Å². The molecule has 1 heterocycles. The fourth-order valence-electron chi connectivity index (χ4n) is 2.35. The number of anilines is 1. The van der Waals surface area contributed by atoms with Crippen molar-refractivity contribution < 1.29 is 23.9 Å². The largest absolute Gasteiger partial charge is 0.494 e. The topological polar surface area (TPSA) is 99.9 Å². The van der Waals surface area contributed by atoms with Gasteiger partial charge in [-0.25, -0.2) is 0 Å². The monoisotopic (exact) mass is 376 g/mol. The lowest BCUT2D eigenvalue weighted by Gasteiger charge is -2.18. The van der Waals surface area contributed by atoms with E-state index in [1.807, 2.05) is 18.2 Å². The highest BCUT2D eigenvalue weighted by atomic mass is 32.2. The zero-order valence-corrected chi connectivity index (χ0v) is 14.7. The smallest absolute Gasteiger partial charge is 0.273 e. The number of nitro benzene ring substituents is 1. The molecule has 0 bridgehead atoms. The third kappa shape index (κ3) is 4.17. The second-order valence-electron chi connectivity index (χ2n) is 5.28. The number of methoxy groups -OCH3 is 1. The summed E-state index contributed by atoms with van der Waals surface area (Å²) in [6.45, 7) is 1.03. The van der Waals surface area contributed by atoms with Crippen molar-refractivity contribution in [2.45, 2.75) is 4.90 Å². The lowest BCUT2D eigenvalue weighted by molar-refractivity contribution is -0.384. The molecule has 0 saturated carbocycles. The van der Waals surface area contributed by atoms with Gasteiger partial charge in [0.2, 0.25) is 5.91 Å². The molecular weight excluding hydrogens is 360 g/mol. The molecule has 9 heteroatoms. The second kappa shape index (κ2) is 7.96. The van der Waals surface area contributed by atoms with Crippen LogP contribution in [0.25, 0.3) is 0 Å². The van der Waals surface area contributed by atoms with Gasteiger partial charge in [0.1, 0.15) is 19.0 Å². The first-order valence-corrected chi connectivity index (χ1v) is 8.70. The number of amides is 1. The van der Waals surface area contributed by atoms with Crippen LogP contribution in [-0.2, 0) is 4.79 Å². The number of nitrogens with zero attached hydrogens (tertiary/aromatic N) is 1. The Balaban J connectivity index is 1.61. The molecule has 8 nitrogen and oxygen atoms in total. The van der Waals surface area contributed by atoms with Crippen molar-refractivity contribution in [1.29, 1.82) is 0 Å². The summed E-state index contributed by atoms with van der Waals surface area (Å²) >= 11 is 1.35. The first-order chi connectivity index (χ1) is 12.6. The highest BCUT2D eigenvalue weighted by molar-refractivity contribution is 8.00. The van der Waals surface area contributed by atoms with Gasteiger partial charge in [0.05, 0.1) is 29.5 Å². The Morgan fingerprint density at radius 3 is 2.73 bits per heavy atom. The normalized spacial score (nSPS) is 12.3. The molecular formula is C17H16N2O6S. The molecule has 0 aromatic heterocycles. The molecule has 1 N–H and O–H groups in total. The number of carbonyl (C=O) groups excluding carboxylic acids is 1. The minimum Gasteiger partial charge on any atom is -0.494 e. The summed E-state index contributed by atoms with van der Waals surface area (Å²) in [5.74, 6) is 1.51. The van der Waals surface area contributed by atoms with Gasteiger partial charge in [0.15, 0.2) is 11.5 Å². The predicted molar refractivity (Wildman–Crippen MR) is 96.4 cm³/mol. The molecule has 3 rings (SSSR count). The SMILES string of the molecule is COc1cc([N+](=O)[O-])ccc1NC(=O)CSc1ccc2c(c1)OCCO2. The van der Waals surface area contributed by atoms with Crippen LogP contribution >= 0.6 is 11.8 Å². The van der Waals surface area contributed by atoms with Crippen molar-refractivity contribution in [3.05, 3.63) is 46.5 Å². The van der Waals surface area contributed by atoms with Crippen LogP contribution in [0.5, 0.6) is 17.2 Å². The van der Waals surface area contributed by atoms with E-state index in [0.717, 1.165) is 4.90 Å². The summed E-state index contributed by atoms with van der Waals surface area (Å²) < 4.78 is 16.1. The maximum absolute atomic E-state index is 12.2. The number of benzene rings is 2. The van der Waals surface area contributed by atoms with Gasteiger partial charge < -0.3 is 19.5 Å². The molecule has 1 aliphatic heterocycles. The van der Waals surface area contributed by atoms with Gasteiger partial charge in [-0.15, -0.1) is 11.8 Å². The number of hydrogen-bond donors (Lipinski definition) is 1. The summed E-state index contributed by atoms with van der Waals surface area (Å²) in [5.41, 5.74) is 0.274. The van der Waals surface area contributed by atoms with E-state index in [9.17, 15) is 14.9 Å². The molecule has 0 aliphatic carbocycles. The molecule has 0 saturated heterocycles. The van der Waals surface area contributed by atoms with Gasteiger partial charge in [-0.05, 0) is 24.3 Å². The Hall–Kier alpha value is -2.94. The minimum atomic E-state index is -0.522. The average Bonchev–Trinajstić information content (AvgIpc) is 2.66. The summed E-state index contributed by atoms with van der Waals surface area (Å²) in [6.07, 6.45) is 0. The predicted octanol–water partition coefficient (Wildman–Crippen LogP) is 3.11. The number of hydrogen-bond acceptors (Lipinski definition) is 7. The Kier molecular flexibility index (Phi) is 5.47. The minimum absolute atomic E-state index is 0.106. The number of ether oxygens (including phenoxy) is 3. The van der Waals surface area contributed by atoms with Crippen LogP contribution in [-0.4, -0.2) is 36.9 Å². The van der Waals surface area contributed by atoms with E-state index in [2.05, 4.69) is 5.32 Å². The third-order valence-corrected chi connectivity index (χ3v) is 4.55. The Morgan fingerprint density at radius 1 is 1.23 bits per heavy atom. The molecule has 0 atom stereocenters. The lowest BCUT2D eigenvalue weighted by atomic mass is 10.2. The molecule has 1 amide bonds. The molecule has 0 fully saturated rings. The van der Waals surface area contributed by atoms with Crippen molar-refractivity contribution >= 4 is 29.0 Å². The molecule has 26 heavy (non-hydrogen) atoms. The van der Waals surface area contributed by atoms with Crippen LogP contribution < -0.4 is 19.5 Å². The van der Waals surface area contributed by atoms with Crippen molar-refractivity contribution in [2.75, 3.05) is 31.4 Å². The Morgan fingerprint density at radius 2 is 2.00 bits per heavy atom. The van der Waals surface area contributed by atoms with Crippen LogP contribution in [0.1, 0.15) is 0 Å². The molecule has 1 aliphatic rings. The van der Waals surface area contributed by atoms with Gasteiger partial charge in [0, 0.05) is 11.0 Å². The van der Waals surface area contributed by atoms with E-state index >= 15 is 0 Å². The van der Waals surface area contributed by atoms with Crippen molar-refractivity contribution in [1.82, 2.24) is 0 Å². The van der Waals surface area contributed by atoms with Crippen LogP contribution in [0.15, 0.2) is 41.3 Å². The zero-order valence-electron chi connectivity index (χ0n) is 13.9. The van der Waals surface area contributed by atoms with E-state index in [0.29, 0.717) is 30.4 Å². The molecule has 0 unspecified atom stereocenters. The van der Waals surface area contributed by atoms with E-state index in [1.165, 1.54) is 37.1 Å². The van der Waals surface area contributed by atoms with Crippen LogP contribution in [0.4, 0.5) is 11.4 Å². The van der Waals surface area contributed by atoms with E-state index < -0.39 is 4.92 Å². The fourth-order valence-corrected chi connectivity index (χ4v) is 3.07. The third-order valence-electron chi connectivity index (χ3n) is 3.55. The summed E-state index contributed by atoms with van der Waals surface area (Å²) in [7, 11) is 1.39. The molecule has 0 spiro atoms. The number of thioether (sulfide) groups is 1. The first kappa shape index (κ1) is 17.9. The Bertz CT molecular complexity index is 842. The molecule has 0 radical (unpaired) electrons. The van der Waals surface area contributed by atoms with Crippen LogP contribution in [0.3, 0.4) is 0 Å². The first-order valence-electron chi connectivity index (χ1n) is 7.71. The number of nitro groups is 1. The summed E-state index contributed by atoms with van der Waals surface area (Å²) in [5, 5.41) is 13.5. The van der Waals surface area contributed by atoms with Gasteiger partial charge in [0.25, 0.3) is 5.69 Å². The highest BCUT2D eigenvalue weighted by Crippen LogP contribution is 2.34. The van der Waals surface area contributed by atoms with Gasteiger partial charge in [-0.1, -0.05) is 0 Å². The Labute approximate surface area is 153 Å². The maximum Gasteiger partial charge on any atom is 0.273 e. The van der Waals surface area contributed by atoms with Crippen molar-refractivity contribution in [2.24, 2.45) is 0 Å². The van der Waals surface area contributed by atoms with Gasteiger partial charge in [-0.3, -0.25) is 14.9 Å². The molecule has 136 valence electrons. The average molecular weight is 376 g/mol. The number of nitrogens with one attached hydrogen (secondary N) is 1. The van der Waals surface area contributed by atoms with E-state index in [-0.39, 0.29) is 23.1 Å². The highest BCUT2D eigenvalue weighted by Gasteiger charge is 2.15. The van der Waals surface area contributed by atoms with E-state index in [1.54, 1.807) is 0 Å². The molecule has 2 aromatic carbocycles. The lowest BCUT2D eigenvalue weighted by Crippen LogP contribution is -2.16. The standard InChI is InChI=1S/C17H16N2O6S/c1-23-15-8-11(19(21)22)2-4-13(15)18-17(20)10-26-12-3-5-14-16(9-12)25-7-6-24-14/h2-5,8-9H,6-7,10H2,1H3,(H,18,20). The van der Waals surface area contributed by atoms with Crippen molar-refractivity contribution in [3.63, 3.8) is 0 Å². The second-order valence-corrected chi connectivity index (χ2v) is 6.33. The number of carbonyl (C=O) groups is 1. The van der Waals surface area contributed by atoms with Gasteiger partial charge >= 0.3 is 0 Å². The van der Waals surface area contributed by atoms with E-state index in [4.69, 9.17) is 14.2 Å². The van der Waals surface area contributed by atoms with Crippen LogP contribution in [0, 0.1) is 10.1 Å². The quantitative estimate of drug-likeness (QED) is 0.470. The zero-order chi connectivity index (χ0) is 18.5. The number of fused-ring (bicyclic) bond motifs is 1. The molecule has 2 aromatic rings. The fraction of sp³-hybridized carbons (Fsp3) is 0.235. The summed E-state index contributed by atoms with van der Waals surface area (Å²) in [4.78, 5) is 23.3. The van der Waals surface area contributed by atoms with Crippen molar-refractivity contribution in [3.8, 4) is 17.2 Å². The number of non-ortho nitro benzene ring substituents is 1. The van der Waals surface area contributed by atoms with Gasteiger partial charge in [-0.2, -0.15) is 0 Å². The summed E-state index contributed by atoms with van der Waals surface area (Å²) in [6, 6.07) is 9.53. The number of rotatable bonds is 6.